The molecule has 2 nitrogen and oxygen atoms in total. The van der Waals surface area contributed by atoms with E-state index in [-0.39, 0.29) is 0 Å². The lowest BCUT2D eigenvalue weighted by Gasteiger charge is -2.21. The Balaban J connectivity index is 1.87. The van der Waals surface area contributed by atoms with Gasteiger partial charge in [0.25, 0.3) is 0 Å². The maximum absolute atomic E-state index is 3.55. The minimum absolute atomic E-state index is 0.577. The molecule has 1 aromatic carbocycles. The van der Waals surface area contributed by atoms with E-state index in [9.17, 15) is 0 Å². The summed E-state index contributed by atoms with van der Waals surface area (Å²) in [5, 5.41) is 5.71. The lowest BCUT2D eigenvalue weighted by Crippen LogP contribution is -2.25. The van der Waals surface area contributed by atoms with E-state index < -0.39 is 0 Å². The second kappa shape index (κ2) is 7.74. The number of nitrogens with zero attached hydrogens (tertiary/aromatic N) is 1. The molecule has 0 aliphatic rings. The van der Waals surface area contributed by atoms with Crippen molar-refractivity contribution in [2.45, 2.75) is 46.4 Å². The van der Waals surface area contributed by atoms with Crippen LogP contribution in [0.4, 0.5) is 0 Å². The normalized spacial score (nSPS) is 11.5. The molecule has 2 rings (SSSR count). The second-order valence-corrected chi connectivity index (χ2v) is 6.96. The molecule has 21 heavy (non-hydrogen) atoms. The molecule has 1 N–H and O–H groups in total. The van der Waals surface area contributed by atoms with Crippen LogP contribution in [-0.2, 0) is 19.6 Å². The summed E-state index contributed by atoms with van der Waals surface area (Å²) in [7, 11) is 2.18. The zero-order valence-electron chi connectivity index (χ0n) is 13.5. The van der Waals surface area contributed by atoms with Crippen molar-refractivity contribution in [3.63, 3.8) is 0 Å². The van der Waals surface area contributed by atoms with E-state index in [1.165, 1.54) is 21.6 Å². The standard InChI is InChI=1S/C18H26N2S/c1-14(2)20(4)13-17-7-5-6-16(10-17)11-19-12-18-15(3)8-9-21-18/h5-10,14,19H,11-13H2,1-4H3. The van der Waals surface area contributed by atoms with Crippen molar-refractivity contribution in [3.05, 3.63) is 57.3 Å². The Bertz CT molecular complexity index is 560. The highest BCUT2D eigenvalue weighted by Gasteiger charge is 2.05. The number of nitrogens with one attached hydrogen (secondary N) is 1. The van der Waals surface area contributed by atoms with Crippen molar-refractivity contribution < 1.29 is 0 Å². The van der Waals surface area contributed by atoms with Crippen LogP contribution in [0.3, 0.4) is 0 Å². The molecular formula is C18H26N2S. The summed E-state index contributed by atoms with van der Waals surface area (Å²) >= 11 is 1.83. The fraction of sp³-hybridized carbons (Fsp3) is 0.444. The fourth-order valence-corrected chi connectivity index (χ4v) is 3.09. The van der Waals surface area contributed by atoms with Gasteiger partial charge in [0.15, 0.2) is 0 Å². The average molecular weight is 302 g/mol. The van der Waals surface area contributed by atoms with Crippen molar-refractivity contribution in [1.82, 2.24) is 10.2 Å². The van der Waals surface area contributed by atoms with Crippen LogP contribution in [0.5, 0.6) is 0 Å². The van der Waals surface area contributed by atoms with Crippen LogP contribution in [0.1, 0.15) is 35.4 Å². The highest BCUT2D eigenvalue weighted by molar-refractivity contribution is 7.10. The molecule has 0 saturated heterocycles. The van der Waals surface area contributed by atoms with Crippen LogP contribution >= 0.6 is 11.3 Å². The van der Waals surface area contributed by atoms with E-state index in [1.54, 1.807) is 0 Å². The van der Waals surface area contributed by atoms with E-state index in [4.69, 9.17) is 0 Å². The third kappa shape index (κ3) is 4.95. The minimum Gasteiger partial charge on any atom is -0.308 e. The molecule has 0 atom stereocenters. The molecule has 0 aliphatic heterocycles. The van der Waals surface area contributed by atoms with Crippen LogP contribution in [0.15, 0.2) is 35.7 Å². The summed E-state index contributed by atoms with van der Waals surface area (Å²) in [4.78, 5) is 3.80. The van der Waals surface area contributed by atoms with Gasteiger partial charge in [-0.05, 0) is 56.0 Å². The Labute approximate surface area is 132 Å². The van der Waals surface area contributed by atoms with E-state index in [0.717, 1.165) is 19.6 Å². The van der Waals surface area contributed by atoms with Crippen LogP contribution in [0, 0.1) is 6.92 Å². The fourth-order valence-electron chi connectivity index (χ4n) is 2.21. The van der Waals surface area contributed by atoms with Crippen LogP contribution < -0.4 is 5.32 Å². The van der Waals surface area contributed by atoms with E-state index in [1.807, 2.05) is 11.3 Å². The molecule has 0 saturated carbocycles. The zero-order chi connectivity index (χ0) is 15.2. The molecule has 0 fully saturated rings. The highest BCUT2D eigenvalue weighted by atomic mass is 32.1. The number of rotatable bonds is 7. The molecule has 114 valence electrons. The van der Waals surface area contributed by atoms with Crippen LogP contribution in [0.25, 0.3) is 0 Å². The van der Waals surface area contributed by atoms with Gasteiger partial charge in [-0.15, -0.1) is 11.3 Å². The average Bonchev–Trinajstić information content (AvgIpc) is 2.85. The van der Waals surface area contributed by atoms with Crippen LogP contribution in [0.2, 0.25) is 0 Å². The number of aryl methyl sites for hydroxylation is 1. The van der Waals surface area contributed by atoms with Gasteiger partial charge in [0, 0.05) is 30.6 Å². The first-order chi connectivity index (χ1) is 10.1. The molecule has 1 aromatic heterocycles. The van der Waals surface area contributed by atoms with Crippen molar-refractivity contribution in [1.29, 1.82) is 0 Å². The molecular weight excluding hydrogens is 276 g/mol. The van der Waals surface area contributed by atoms with Gasteiger partial charge in [-0.1, -0.05) is 24.3 Å². The van der Waals surface area contributed by atoms with Gasteiger partial charge in [-0.25, -0.2) is 0 Å². The summed E-state index contributed by atoms with van der Waals surface area (Å²) in [6, 6.07) is 11.7. The number of benzene rings is 1. The zero-order valence-corrected chi connectivity index (χ0v) is 14.3. The Kier molecular flexibility index (Phi) is 5.97. The monoisotopic (exact) mass is 302 g/mol. The molecule has 0 amide bonds. The SMILES string of the molecule is Cc1ccsc1CNCc1cccc(CN(C)C(C)C)c1. The smallest absolute Gasteiger partial charge is 0.0305 e. The topological polar surface area (TPSA) is 15.3 Å². The first-order valence-electron chi connectivity index (χ1n) is 7.58. The van der Waals surface area contributed by atoms with Gasteiger partial charge in [-0.2, -0.15) is 0 Å². The predicted molar refractivity (Wildman–Crippen MR) is 92.6 cm³/mol. The quantitative estimate of drug-likeness (QED) is 0.825. The Morgan fingerprint density at radius 1 is 1.14 bits per heavy atom. The van der Waals surface area contributed by atoms with Gasteiger partial charge < -0.3 is 5.32 Å². The summed E-state index contributed by atoms with van der Waals surface area (Å²) < 4.78 is 0. The van der Waals surface area contributed by atoms with Gasteiger partial charge >= 0.3 is 0 Å². The Morgan fingerprint density at radius 3 is 2.57 bits per heavy atom. The maximum Gasteiger partial charge on any atom is 0.0305 e. The first-order valence-corrected chi connectivity index (χ1v) is 8.46. The number of thiophene rings is 1. The predicted octanol–water partition coefficient (Wildman–Crippen LogP) is 4.19. The molecule has 0 bridgehead atoms. The van der Waals surface area contributed by atoms with Crippen molar-refractivity contribution in [2.75, 3.05) is 7.05 Å². The highest BCUT2D eigenvalue weighted by Crippen LogP contribution is 2.15. The molecule has 3 heteroatoms. The Hall–Kier alpha value is -1.16. The third-order valence-electron chi connectivity index (χ3n) is 3.89. The molecule has 0 unspecified atom stereocenters. The van der Waals surface area contributed by atoms with Crippen molar-refractivity contribution >= 4 is 11.3 Å². The van der Waals surface area contributed by atoms with Gasteiger partial charge in [0.2, 0.25) is 0 Å². The molecule has 1 heterocycles. The van der Waals surface area contributed by atoms with Crippen molar-refractivity contribution in [2.24, 2.45) is 0 Å². The largest absolute Gasteiger partial charge is 0.308 e. The molecule has 0 radical (unpaired) electrons. The summed E-state index contributed by atoms with van der Waals surface area (Å²) in [5.41, 5.74) is 4.14. The molecule has 0 aliphatic carbocycles. The lowest BCUT2D eigenvalue weighted by atomic mass is 10.1. The van der Waals surface area contributed by atoms with Crippen molar-refractivity contribution in [3.8, 4) is 0 Å². The lowest BCUT2D eigenvalue weighted by molar-refractivity contribution is 0.266. The third-order valence-corrected chi connectivity index (χ3v) is 4.91. The maximum atomic E-state index is 3.55. The van der Waals surface area contributed by atoms with Gasteiger partial charge in [0.1, 0.15) is 0 Å². The van der Waals surface area contributed by atoms with E-state index in [0.29, 0.717) is 6.04 Å². The molecule has 2 aromatic rings. The molecule has 0 spiro atoms. The summed E-state index contributed by atoms with van der Waals surface area (Å²) in [5.74, 6) is 0. The van der Waals surface area contributed by atoms with E-state index >= 15 is 0 Å². The second-order valence-electron chi connectivity index (χ2n) is 5.96. The van der Waals surface area contributed by atoms with Gasteiger partial charge in [-0.3, -0.25) is 4.90 Å². The minimum atomic E-state index is 0.577. The first kappa shape index (κ1) is 16.2. The van der Waals surface area contributed by atoms with Crippen LogP contribution in [-0.4, -0.2) is 18.0 Å². The number of hydrogen-bond acceptors (Lipinski definition) is 3. The number of hydrogen-bond donors (Lipinski definition) is 1. The van der Waals surface area contributed by atoms with Gasteiger partial charge in [0.05, 0.1) is 0 Å². The van der Waals surface area contributed by atoms with E-state index in [2.05, 4.69) is 73.7 Å². The summed E-state index contributed by atoms with van der Waals surface area (Å²) in [6.45, 7) is 9.53. The summed E-state index contributed by atoms with van der Waals surface area (Å²) in [6.07, 6.45) is 0. The Morgan fingerprint density at radius 2 is 1.90 bits per heavy atom.